The van der Waals surface area contributed by atoms with E-state index in [4.69, 9.17) is 9.47 Å². The van der Waals surface area contributed by atoms with Crippen LogP contribution in [-0.4, -0.2) is 92.4 Å². The van der Waals surface area contributed by atoms with Crippen LogP contribution in [0.2, 0.25) is 0 Å². The van der Waals surface area contributed by atoms with Crippen molar-refractivity contribution in [1.82, 2.24) is 19.4 Å². The second-order valence-electron chi connectivity index (χ2n) is 9.65. The zero-order valence-corrected chi connectivity index (χ0v) is 22.8. The number of likely N-dealkylation sites (N-methyl/N-ethyl adjacent to an activating group) is 1. The summed E-state index contributed by atoms with van der Waals surface area (Å²) in [5.41, 5.74) is 0.231. The van der Waals surface area contributed by atoms with Crippen LogP contribution >= 0.6 is 0 Å². The largest absolute Gasteiger partial charge is 0.491 e. The number of aryl methyl sites for hydroxylation is 1. The van der Waals surface area contributed by atoms with Crippen molar-refractivity contribution in [2.24, 2.45) is 13.0 Å². The number of carbonyl (C=O) groups excluding carboxylic acids is 1. The first kappa shape index (κ1) is 29.7. The summed E-state index contributed by atoms with van der Waals surface area (Å²) in [7, 11) is 0.698. The number of methoxy groups -OCH3 is 1. The number of benzene rings is 1. The van der Waals surface area contributed by atoms with Crippen LogP contribution in [0.3, 0.4) is 0 Å². The number of nitrogens with one attached hydrogen (secondary N) is 1. The SMILES string of the molecule is CO[C@@H]1CN(C)C(=O)c2cc(NS(=O)(=O)c3cn(C)cn3)ccc2OC[C@@H](C)N(CCC(F)(F)F)C[C@H]1C. The van der Waals surface area contributed by atoms with Crippen molar-refractivity contribution in [3.8, 4) is 5.75 Å². The molecule has 1 aliphatic heterocycles. The van der Waals surface area contributed by atoms with Gasteiger partial charge in [0, 0.05) is 58.8 Å². The highest BCUT2D eigenvalue weighted by atomic mass is 32.2. The van der Waals surface area contributed by atoms with E-state index in [2.05, 4.69) is 9.71 Å². The Labute approximate surface area is 220 Å². The van der Waals surface area contributed by atoms with Crippen molar-refractivity contribution in [2.75, 3.05) is 45.1 Å². The fourth-order valence-corrected chi connectivity index (χ4v) is 5.26. The van der Waals surface area contributed by atoms with Gasteiger partial charge in [-0.25, -0.2) is 4.98 Å². The monoisotopic (exact) mass is 561 g/mol. The molecule has 2 aromatic rings. The number of alkyl halides is 3. The van der Waals surface area contributed by atoms with Crippen molar-refractivity contribution < 1.29 is 35.9 Å². The van der Waals surface area contributed by atoms with Crippen LogP contribution in [0.5, 0.6) is 5.75 Å². The molecule has 0 radical (unpaired) electrons. The smallest absolute Gasteiger partial charge is 0.390 e. The average Bonchev–Trinajstić information content (AvgIpc) is 3.29. The summed E-state index contributed by atoms with van der Waals surface area (Å²) >= 11 is 0. The number of fused-ring (bicyclic) bond motifs is 1. The summed E-state index contributed by atoms with van der Waals surface area (Å²) in [4.78, 5) is 20.4. The Morgan fingerprint density at radius 1 is 1.21 bits per heavy atom. The zero-order chi connectivity index (χ0) is 28.3. The van der Waals surface area contributed by atoms with E-state index in [1.165, 1.54) is 47.3 Å². The fraction of sp³-hybridized carbons (Fsp3) is 0.583. The minimum absolute atomic E-state index is 0.0191. The molecule has 14 heteroatoms. The Morgan fingerprint density at radius 2 is 1.92 bits per heavy atom. The van der Waals surface area contributed by atoms with E-state index in [1.807, 2.05) is 6.92 Å². The van der Waals surface area contributed by atoms with Gasteiger partial charge in [-0.15, -0.1) is 0 Å². The number of aromatic nitrogens is 2. The van der Waals surface area contributed by atoms with Gasteiger partial charge in [0.1, 0.15) is 12.4 Å². The lowest BCUT2D eigenvalue weighted by molar-refractivity contribution is -0.140. The second-order valence-corrected chi connectivity index (χ2v) is 11.3. The van der Waals surface area contributed by atoms with Gasteiger partial charge in [0.05, 0.1) is 24.4 Å². The van der Waals surface area contributed by atoms with Crippen LogP contribution in [-0.2, 0) is 21.8 Å². The summed E-state index contributed by atoms with van der Waals surface area (Å²) in [6.07, 6.45) is -3.01. The van der Waals surface area contributed by atoms with E-state index in [0.29, 0.717) is 6.54 Å². The zero-order valence-electron chi connectivity index (χ0n) is 22.0. The topological polar surface area (TPSA) is 106 Å². The number of rotatable bonds is 6. The number of anilines is 1. The minimum atomic E-state index is -4.30. The van der Waals surface area contributed by atoms with Gasteiger partial charge in [0.15, 0.2) is 5.03 Å². The van der Waals surface area contributed by atoms with Gasteiger partial charge in [-0.1, -0.05) is 6.92 Å². The maximum atomic E-state index is 13.4. The maximum absolute atomic E-state index is 13.4. The number of hydrogen-bond donors (Lipinski definition) is 1. The van der Waals surface area contributed by atoms with Crippen LogP contribution < -0.4 is 9.46 Å². The number of carbonyl (C=O) groups is 1. The highest BCUT2D eigenvalue weighted by molar-refractivity contribution is 7.92. The van der Waals surface area contributed by atoms with E-state index in [1.54, 1.807) is 25.9 Å². The minimum Gasteiger partial charge on any atom is -0.491 e. The highest BCUT2D eigenvalue weighted by Gasteiger charge is 2.32. The molecule has 10 nitrogen and oxygen atoms in total. The second kappa shape index (κ2) is 11.9. The van der Waals surface area contributed by atoms with Crippen molar-refractivity contribution in [3.63, 3.8) is 0 Å². The third kappa shape index (κ3) is 7.60. The molecule has 0 unspecified atom stereocenters. The molecule has 3 atom stereocenters. The molecule has 212 valence electrons. The molecule has 0 saturated carbocycles. The molecule has 1 N–H and O–H groups in total. The van der Waals surface area contributed by atoms with Gasteiger partial charge in [0.2, 0.25) is 0 Å². The van der Waals surface area contributed by atoms with Crippen LogP contribution in [0.15, 0.2) is 35.7 Å². The lowest BCUT2D eigenvalue weighted by Crippen LogP contribution is -2.47. The summed E-state index contributed by atoms with van der Waals surface area (Å²) in [6, 6.07) is 3.88. The van der Waals surface area contributed by atoms with Gasteiger partial charge in [0.25, 0.3) is 15.9 Å². The van der Waals surface area contributed by atoms with Gasteiger partial charge in [-0.05, 0) is 31.0 Å². The Bertz CT molecular complexity index is 1220. The molecule has 1 aliphatic rings. The lowest BCUT2D eigenvalue weighted by atomic mass is 10.0. The molecular weight excluding hydrogens is 527 g/mol. The number of hydrogen-bond acceptors (Lipinski definition) is 7. The van der Waals surface area contributed by atoms with Crippen molar-refractivity contribution >= 4 is 21.6 Å². The summed E-state index contributed by atoms with van der Waals surface area (Å²) in [6.45, 7) is 3.93. The molecule has 0 bridgehead atoms. The van der Waals surface area contributed by atoms with Crippen molar-refractivity contribution in [1.29, 1.82) is 0 Å². The number of sulfonamides is 1. The van der Waals surface area contributed by atoms with E-state index in [-0.39, 0.29) is 47.6 Å². The van der Waals surface area contributed by atoms with Crippen LogP contribution in [0.4, 0.5) is 18.9 Å². The molecule has 2 heterocycles. The lowest BCUT2D eigenvalue weighted by Gasteiger charge is -2.36. The molecule has 3 rings (SSSR count). The molecule has 1 aromatic carbocycles. The average molecular weight is 562 g/mol. The van der Waals surface area contributed by atoms with E-state index in [9.17, 15) is 26.4 Å². The Morgan fingerprint density at radius 3 is 2.53 bits per heavy atom. The molecule has 0 aliphatic carbocycles. The predicted molar refractivity (Wildman–Crippen MR) is 135 cm³/mol. The van der Waals surface area contributed by atoms with Gasteiger partial charge < -0.3 is 18.9 Å². The first-order valence-electron chi connectivity index (χ1n) is 12.1. The molecule has 1 amide bonds. The van der Waals surface area contributed by atoms with E-state index >= 15 is 0 Å². The Kier molecular flexibility index (Phi) is 9.31. The maximum Gasteiger partial charge on any atom is 0.390 e. The van der Waals surface area contributed by atoms with Crippen LogP contribution in [0, 0.1) is 5.92 Å². The molecule has 0 fully saturated rings. The van der Waals surface area contributed by atoms with Crippen molar-refractivity contribution in [3.05, 3.63) is 36.3 Å². The standard InChI is InChI=1S/C24H34F3N5O5S/c1-16-11-32(9-8-24(25,26)27)17(2)14-37-20-7-6-18(29-38(34,35)22-13-30(3)15-28-22)10-19(20)23(33)31(4)12-21(16)36-5/h6-7,10,13,15-17,21,29H,8-9,11-12,14H2,1-5H3/t16-,17-,21-/m1/s1. The van der Waals surface area contributed by atoms with E-state index < -0.39 is 40.7 Å². The number of ether oxygens (including phenoxy) is 2. The van der Waals surface area contributed by atoms with Crippen LogP contribution in [0.1, 0.15) is 30.6 Å². The number of nitrogens with zero attached hydrogens (tertiary/aromatic N) is 4. The predicted octanol–water partition coefficient (Wildman–Crippen LogP) is 2.98. The molecule has 0 saturated heterocycles. The Hall–Kier alpha value is -2.84. The normalized spacial score (nSPS) is 22.3. The molecule has 38 heavy (non-hydrogen) atoms. The first-order chi connectivity index (χ1) is 17.7. The van der Waals surface area contributed by atoms with Crippen molar-refractivity contribution in [2.45, 2.75) is 43.6 Å². The number of halogens is 3. The first-order valence-corrected chi connectivity index (χ1v) is 13.5. The third-order valence-electron chi connectivity index (χ3n) is 6.47. The molecule has 0 spiro atoms. The van der Waals surface area contributed by atoms with Crippen LogP contribution in [0.25, 0.3) is 0 Å². The summed E-state index contributed by atoms with van der Waals surface area (Å²) in [5.74, 6) is -0.426. The molecule has 1 aromatic heterocycles. The quantitative estimate of drug-likeness (QED) is 0.578. The number of imidazole rings is 1. The number of amides is 1. The van der Waals surface area contributed by atoms with Gasteiger partial charge >= 0.3 is 6.18 Å². The highest BCUT2D eigenvalue weighted by Crippen LogP contribution is 2.28. The fourth-order valence-electron chi connectivity index (χ4n) is 4.23. The van der Waals surface area contributed by atoms with E-state index in [0.717, 1.165) is 0 Å². The van der Waals surface area contributed by atoms with Gasteiger partial charge in [-0.3, -0.25) is 14.4 Å². The Balaban J connectivity index is 1.94. The summed E-state index contributed by atoms with van der Waals surface area (Å²) < 4.78 is 79.9. The third-order valence-corrected chi connectivity index (χ3v) is 7.73. The summed E-state index contributed by atoms with van der Waals surface area (Å²) in [5, 5.41) is -0.183. The van der Waals surface area contributed by atoms with Gasteiger partial charge in [-0.2, -0.15) is 21.6 Å². The molecular formula is C24H34F3N5O5S.